The average molecular weight is 334 g/mol. The first-order valence-corrected chi connectivity index (χ1v) is 9.22. The van der Waals surface area contributed by atoms with Gasteiger partial charge in [0.15, 0.2) is 15.8 Å². The van der Waals surface area contributed by atoms with E-state index < -0.39 is 9.84 Å². The van der Waals surface area contributed by atoms with Crippen LogP contribution in [-0.4, -0.2) is 38.8 Å². The first-order valence-electron chi connectivity index (χ1n) is 7.33. The number of hydrogen-bond donors (Lipinski definition) is 2. The number of aliphatic imine (C=N–C) groups is 1. The van der Waals surface area contributed by atoms with Crippen molar-refractivity contribution >= 4 is 15.8 Å². The normalized spacial score (nSPS) is 12.2. The van der Waals surface area contributed by atoms with E-state index in [2.05, 4.69) is 20.2 Å². The Labute approximate surface area is 137 Å². The molecule has 0 radical (unpaired) electrons. The van der Waals surface area contributed by atoms with Crippen molar-refractivity contribution in [3.63, 3.8) is 0 Å². The zero-order chi connectivity index (χ0) is 16.7. The number of sulfone groups is 1. The van der Waals surface area contributed by atoms with Crippen molar-refractivity contribution in [2.45, 2.75) is 18.0 Å². The fraction of sp³-hybridized carbons (Fsp3) is 0.312. The molecule has 23 heavy (non-hydrogen) atoms. The van der Waals surface area contributed by atoms with Crippen LogP contribution in [0.3, 0.4) is 0 Å². The fourth-order valence-electron chi connectivity index (χ4n) is 2.08. The van der Waals surface area contributed by atoms with Crippen LogP contribution in [0.25, 0.3) is 0 Å². The lowest BCUT2D eigenvalue weighted by Gasteiger charge is -2.12. The molecule has 0 bridgehead atoms. The molecular weight excluding hydrogens is 312 g/mol. The molecular formula is C16H22N4O2S. The molecule has 0 spiro atoms. The second-order valence-corrected chi connectivity index (χ2v) is 7.21. The van der Waals surface area contributed by atoms with E-state index in [1.165, 1.54) is 6.26 Å². The zero-order valence-electron chi connectivity index (χ0n) is 13.4. The molecule has 0 fully saturated rings. The molecule has 2 aromatic rings. The Bertz CT molecular complexity index is 735. The third-order valence-corrected chi connectivity index (χ3v) is 4.49. The minimum absolute atomic E-state index is 0.329. The molecule has 7 heteroatoms. The predicted octanol–water partition coefficient (Wildman–Crippen LogP) is 1.26. The van der Waals surface area contributed by atoms with E-state index in [4.69, 9.17) is 0 Å². The Balaban J connectivity index is 1.81. The number of aromatic nitrogens is 1. The monoisotopic (exact) mass is 334 g/mol. The van der Waals surface area contributed by atoms with Gasteiger partial charge in [-0.25, -0.2) is 8.42 Å². The average Bonchev–Trinajstić information content (AvgIpc) is 3.03. The van der Waals surface area contributed by atoms with E-state index in [0.717, 1.165) is 18.7 Å². The highest BCUT2D eigenvalue weighted by molar-refractivity contribution is 7.90. The number of hydrogen-bond acceptors (Lipinski definition) is 3. The Morgan fingerprint density at radius 3 is 2.35 bits per heavy atom. The second-order valence-electron chi connectivity index (χ2n) is 5.19. The number of rotatable bonds is 6. The molecule has 2 rings (SSSR count). The Hall–Kier alpha value is -2.28. The largest absolute Gasteiger partial charge is 0.355 e. The van der Waals surface area contributed by atoms with E-state index in [-0.39, 0.29) is 0 Å². The summed E-state index contributed by atoms with van der Waals surface area (Å²) in [5.74, 6) is 0.712. The Morgan fingerprint density at radius 1 is 1.13 bits per heavy atom. The maximum atomic E-state index is 11.4. The van der Waals surface area contributed by atoms with Crippen LogP contribution >= 0.6 is 0 Å². The number of benzene rings is 1. The highest BCUT2D eigenvalue weighted by atomic mass is 32.2. The van der Waals surface area contributed by atoms with Gasteiger partial charge >= 0.3 is 0 Å². The molecule has 1 aromatic carbocycles. The summed E-state index contributed by atoms with van der Waals surface area (Å²) < 4.78 is 24.9. The third-order valence-electron chi connectivity index (χ3n) is 3.36. The number of nitrogens with one attached hydrogen (secondary N) is 2. The van der Waals surface area contributed by atoms with Crippen molar-refractivity contribution in [2.24, 2.45) is 4.99 Å². The molecule has 0 aliphatic rings. The maximum absolute atomic E-state index is 11.4. The summed E-state index contributed by atoms with van der Waals surface area (Å²) in [6, 6.07) is 10.8. The van der Waals surface area contributed by atoms with Crippen LogP contribution in [0.2, 0.25) is 0 Å². The van der Waals surface area contributed by atoms with Crippen LogP contribution in [0.4, 0.5) is 0 Å². The Morgan fingerprint density at radius 2 is 1.78 bits per heavy atom. The van der Waals surface area contributed by atoms with E-state index in [9.17, 15) is 8.42 Å². The molecule has 1 aromatic heterocycles. The summed E-state index contributed by atoms with van der Waals surface area (Å²) >= 11 is 0. The van der Waals surface area contributed by atoms with E-state index in [0.29, 0.717) is 17.4 Å². The van der Waals surface area contributed by atoms with Crippen molar-refractivity contribution in [3.8, 4) is 0 Å². The molecule has 2 N–H and O–H groups in total. The second kappa shape index (κ2) is 7.82. The van der Waals surface area contributed by atoms with Gasteiger partial charge in [0.1, 0.15) is 0 Å². The molecule has 0 aliphatic carbocycles. The minimum atomic E-state index is -3.15. The van der Waals surface area contributed by atoms with Gasteiger partial charge in [-0.2, -0.15) is 0 Å². The highest BCUT2D eigenvalue weighted by Gasteiger charge is 2.06. The SMILES string of the molecule is CN=C(NCCn1cccc1)NCc1ccc(S(C)(=O)=O)cc1. The van der Waals surface area contributed by atoms with Crippen LogP contribution in [0.5, 0.6) is 0 Å². The van der Waals surface area contributed by atoms with Gasteiger partial charge in [0.05, 0.1) is 4.90 Å². The van der Waals surface area contributed by atoms with Crippen molar-refractivity contribution in [3.05, 3.63) is 54.4 Å². The molecule has 0 saturated carbocycles. The van der Waals surface area contributed by atoms with Crippen LogP contribution in [0, 0.1) is 0 Å². The van der Waals surface area contributed by atoms with Gasteiger partial charge in [-0.1, -0.05) is 12.1 Å². The first-order chi connectivity index (χ1) is 11.0. The van der Waals surface area contributed by atoms with E-state index >= 15 is 0 Å². The summed E-state index contributed by atoms with van der Waals surface area (Å²) in [5.41, 5.74) is 0.991. The lowest BCUT2D eigenvalue weighted by atomic mass is 10.2. The quantitative estimate of drug-likeness (QED) is 0.616. The summed E-state index contributed by atoms with van der Waals surface area (Å²) in [7, 11) is -1.43. The van der Waals surface area contributed by atoms with Crippen LogP contribution in [0.1, 0.15) is 5.56 Å². The first kappa shape index (κ1) is 17.1. The lowest BCUT2D eigenvalue weighted by Crippen LogP contribution is -2.38. The zero-order valence-corrected chi connectivity index (χ0v) is 14.2. The van der Waals surface area contributed by atoms with Crippen LogP contribution in [-0.2, 0) is 22.9 Å². The fourth-order valence-corrected chi connectivity index (χ4v) is 2.71. The van der Waals surface area contributed by atoms with Gasteiger partial charge in [-0.15, -0.1) is 0 Å². The molecule has 1 heterocycles. The Kier molecular flexibility index (Phi) is 5.81. The summed E-state index contributed by atoms with van der Waals surface area (Å²) in [6.45, 7) is 2.20. The van der Waals surface area contributed by atoms with Crippen molar-refractivity contribution < 1.29 is 8.42 Å². The standard InChI is InChI=1S/C16H22N4O2S/c1-17-16(18-9-12-20-10-3-4-11-20)19-13-14-5-7-15(8-6-14)23(2,21)22/h3-8,10-11H,9,12-13H2,1-2H3,(H2,17,18,19). The van der Waals surface area contributed by atoms with E-state index in [1.807, 2.05) is 24.5 Å². The third kappa shape index (κ3) is 5.45. The van der Waals surface area contributed by atoms with Crippen molar-refractivity contribution in [2.75, 3.05) is 19.8 Å². The summed E-state index contributed by atoms with van der Waals surface area (Å²) in [5, 5.41) is 6.44. The highest BCUT2D eigenvalue weighted by Crippen LogP contribution is 2.10. The summed E-state index contributed by atoms with van der Waals surface area (Å²) in [6.07, 6.45) is 5.24. The van der Waals surface area contributed by atoms with Gasteiger partial charge in [-0.3, -0.25) is 4.99 Å². The molecule has 0 saturated heterocycles. The molecule has 6 nitrogen and oxygen atoms in total. The van der Waals surface area contributed by atoms with Gasteiger partial charge < -0.3 is 15.2 Å². The maximum Gasteiger partial charge on any atom is 0.191 e. The van der Waals surface area contributed by atoms with Gasteiger partial charge in [-0.05, 0) is 29.8 Å². The number of guanidine groups is 1. The van der Waals surface area contributed by atoms with Gasteiger partial charge in [0, 0.05) is 45.3 Å². The molecule has 0 aliphatic heterocycles. The lowest BCUT2D eigenvalue weighted by molar-refractivity contribution is 0.602. The molecule has 0 amide bonds. The van der Waals surface area contributed by atoms with Crippen molar-refractivity contribution in [1.29, 1.82) is 0 Å². The molecule has 0 atom stereocenters. The molecule has 0 unspecified atom stereocenters. The van der Waals surface area contributed by atoms with Crippen LogP contribution < -0.4 is 10.6 Å². The van der Waals surface area contributed by atoms with Crippen LogP contribution in [0.15, 0.2) is 58.7 Å². The smallest absolute Gasteiger partial charge is 0.191 e. The van der Waals surface area contributed by atoms with Crippen molar-refractivity contribution in [1.82, 2.24) is 15.2 Å². The topological polar surface area (TPSA) is 75.5 Å². The van der Waals surface area contributed by atoms with Gasteiger partial charge in [0.25, 0.3) is 0 Å². The van der Waals surface area contributed by atoms with Gasteiger partial charge in [0.2, 0.25) is 0 Å². The predicted molar refractivity (Wildman–Crippen MR) is 92.2 cm³/mol. The number of nitrogens with zero attached hydrogens (tertiary/aromatic N) is 2. The molecule has 124 valence electrons. The summed E-state index contributed by atoms with van der Waals surface area (Å²) in [4.78, 5) is 4.50. The van der Waals surface area contributed by atoms with E-state index in [1.54, 1.807) is 31.3 Å². The minimum Gasteiger partial charge on any atom is -0.355 e.